The van der Waals surface area contributed by atoms with E-state index in [0.29, 0.717) is 22.5 Å². The van der Waals surface area contributed by atoms with Crippen LogP contribution in [0.2, 0.25) is 5.02 Å². The van der Waals surface area contributed by atoms with Gasteiger partial charge in [0, 0.05) is 16.3 Å². The lowest BCUT2D eigenvalue weighted by Crippen LogP contribution is -2.20. The van der Waals surface area contributed by atoms with Crippen molar-refractivity contribution >= 4 is 23.4 Å². The Morgan fingerprint density at radius 3 is 2.61 bits per heavy atom. The van der Waals surface area contributed by atoms with Crippen LogP contribution in [0.15, 0.2) is 58.2 Å². The third-order valence-corrected chi connectivity index (χ3v) is 6.13. The second-order valence-corrected chi connectivity index (χ2v) is 8.85. The molecule has 0 fully saturated rings. The minimum Gasteiger partial charge on any atom is -0.334 e. The molecule has 31 heavy (non-hydrogen) atoms. The lowest BCUT2D eigenvalue weighted by atomic mass is 10.1. The predicted molar refractivity (Wildman–Crippen MR) is 123 cm³/mol. The number of nitrogens with zero attached hydrogens (tertiary/aromatic N) is 6. The van der Waals surface area contributed by atoms with Crippen LogP contribution < -0.4 is 0 Å². The van der Waals surface area contributed by atoms with E-state index in [1.807, 2.05) is 74.1 Å². The van der Waals surface area contributed by atoms with Gasteiger partial charge in [0.25, 0.3) is 5.89 Å². The Morgan fingerprint density at radius 2 is 1.90 bits per heavy atom. The Kier molecular flexibility index (Phi) is 6.41. The topological polar surface area (TPSA) is 72.9 Å². The second kappa shape index (κ2) is 9.21. The van der Waals surface area contributed by atoms with Crippen LogP contribution >= 0.6 is 23.4 Å². The molecule has 2 aromatic carbocycles. The molecule has 0 radical (unpaired) electrons. The van der Waals surface area contributed by atoms with E-state index in [4.69, 9.17) is 16.1 Å². The largest absolute Gasteiger partial charge is 0.334 e. The number of hydrogen-bond donors (Lipinski definition) is 0. The minimum absolute atomic E-state index is 0.0793. The third-order valence-electron chi connectivity index (χ3n) is 4.95. The zero-order valence-electron chi connectivity index (χ0n) is 17.8. The Bertz CT molecular complexity index is 1170. The summed E-state index contributed by atoms with van der Waals surface area (Å²) in [5, 5.41) is 14.5. The number of hydrogen-bond acceptors (Lipinski definition) is 7. The van der Waals surface area contributed by atoms with Gasteiger partial charge in [-0.2, -0.15) is 4.98 Å². The maximum absolute atomic E-state index is 6.09. The van der Waals surface area contributed by atoms with Gasteiger partial charge in [-0.3, -0.25) is 9.47 Å². The first-order chi connectivity index (χ1) is 14.9. The predicted octanol–water partition coefficient (Wildman–Crippen LogP) is 5.19. The highest BCUT2D eigenvalue weighted by Gasteiger charge is 2.21. The molecule has 0 saturated heterocycles. The van der Waals surface area contributed by atoms with E-state index >= 15 is 0 Å². The van der Waals surface area contributed by atoms with Crippen LogP contribution in [0, 0.1) is 6.92 Å². The summed E-state index contributed by atoms with van der Waals surface area (Å²) in [4.78, 5) is 6.63. The van der Waals surface area contributed by atoms with E-state index in [2.05, 4.69) is 32.2 Å². The van der Waals surface area contributed by atoms with Crippen LogP contribution in [0.1, 0.15) is 30.2 Å². The number of thioether (sulfide) groups is 1. The lowest BCUT2D eigenvalue weighted by molar-refractivity contribution is 0.305. The van der Waals surface area contributed by atoms with Crippen LogP contribution in [0.5, 0.6) is 0 Å². The molecule has 2 heterocycles. The van der Waals surface area contributed by atoms with Gasteiger partial charge in [-0.25, -0.2) is 0 Å². The molecule has 0 saturated carbocycles. The van der Waals surface area contributed by atoms with Gasteiger partial charge in [0.1, 0.15) is 0 Å². The number of aryl methyl sites for hydroxylation is 1. The molecule has 0 spiro atoms. The molecule has 160 valence electrons. The monoisotopic (exact) mass is 454 g/mol. The van der Waals surface area contributed by atoms with Crippen molar-refractivity contribution in [1.29, 1.82) is 0 Å². The van der Waals surface area contributed by atoms with E-state index in [1.54, 1.807) is 0 Å². The standard InChI is InChI=1S/C22H23ClN6OS/c1-14-6-5-7-16(12-14)21-24-19(27-30-21)13-31-22-26-25-20(15(2)28(3)4)29(22)18-10-8-17(23)9-11-18/h5-12,15H,13H2,1-4H3. The zero-order chi connectivity index (χ0) is 22.0. The average molecular weight is 455 g/mol. The molecular formula is C22H23ClN6OS. The molecule has 2 aromatic heterocycles. The van der Waals surface area contributed by atoms with Crippen LogP contribution in [-0.4, -0.2) is 43.9 Å². The van der Waals surface area contributed by atoms with Crippen molar-refractivity contribution in [2.45, 2.75) is 30.8 Å². The molecule has 4 rings (SSSR count). The molecule has 7 nitrogen and oxygen atoms in total. The third kappa shape index (κ3) is 4.81. The molecule has 0 amide bonds. The van der Waals surface area contributed by atoms with Gasteiger partial charge in [-0.05, 0) is 64.3 Å². The summed E-state index contributed by atoms with van der Waals surface area (Å²) < 4.78 is 7.51. The maximum Gasteiger partial charge on any atom is 0.257 e. The molecule has 0 aliphatic carbocycles. The first kappa shape index (κ1) is 21.5. The Hall–Kier alpha value is -2.68. The van der Waals surface area contributed by atoms with Crippen molar-refractivity contribution in [3.63, 3.8) is 0 Å². The van der Waals surface area contributed by atoms with E-state index in [1.165, 1.54) is 11.8 Å². The Morgan fingerprint density at radius 1 is 1.13 bits per heavy atom. The van der Waals surface area contributed by atoms with Crippen molar-refractivity contribution < 1.29 is 4.52 Å². The number of halogens is 1. The van der Waals surface area contributed by atoms with Gasteiger partial charge in [0.05, 0.1) is 11.8 Å². The van der Waals surface area contributed by atoms with E-state index in [9.17, 15) is 0 Å². The van der Waals surface area contributed by atoms with Crippen LogP contribution in [0.4, 0.5) is 0 Å². The summed E-state index contributed by atoms with van der Waals surface area (Å²) >= 11 is 7.60. The van der Waals surface area contributed by atoms with Gasteiger partial charge < -0.3 is 4.52 Å². The molecule has 4 aromatic rings. The van der Waals surface area contributed by atoms with Crippen LogP contribution in [0.3, 0.4) is 0 Å². The molecule has 9 heteroatoms. The van der Waals surface area contributed by atoms with Crippen molar-refractivity contribution in [1.82, 2.24) is 29.8 Å². The van der Waals surface area contributed by atoms with Crippen molar-refractivity contribution in [2.24, 2.45) is 0 Å². The summed E-state index contributed by atoms with van der Waals surface area (Å²) in [5.41, 5.74) is 3.01. The fraction of sp³-hybridized carbons (Fsp3) is 0.273. The van der Waals surface area contributed by atoms with Crippen molar-refractivity contribution in [2.75, 3.05) is 14.1 Å². The number of aromatic nitrogens is 5. The molecule has 0 bridgehead atoms. The molecule has 0 aliphatic rings. The highest BCUT2D eigenvalue weighted by Crippen LogP contribution is 2.29. The van der Waals surface area contributed by atoms with Gasteiger partial charge in [0.2, 0.25) is 0 Å². The molecule has 1 unspecified atom stereocenters. The number of benzene rings is 2. The highest BCUT2D eigenvalue weighted by atomic mass is 35.5. The summed E-state index contributed by atoms with van der Waals surface area (Å²) in [6.07, 6.45) is 0. The van der Waals surface area contributed by atoms with Crippen LogP contribution in [-0.2, 0) is 5.75 Å². The van der Waals surface area contributed by atoms with Crippen molar-refractivity contribution in [3.8, 4) is 17.1 Å². The van der Waals surface area contributed by atoms with E-state index < -0.39 is 0 Å². The highest BCUT2D eigenvalue weighted by molar-refractivity contribution is 7.98. The molecule has 0 N–H and O–H groups in total. The smallest absolute Gasteiger partial charge is 0.257 e. The van der Waals surface area contributed by atoms with Crippen LogP contribution in [0.25, 0.3) is 17.1 Å². The normalized spacial score (nSPS) is 12.5. The van der Waals surface area contributed by atoms with E-state index in [-0.39, 0.29) is 6.04 Å². The first-order valence-electron chi connectivity index (χ1n) is 9.82. The summed E-state index contributed by atoms with van der Waals surface area (Å²) in [6.45, 7) is 4.13. The SMILES string of the molecule is Cc1cccc(-c2nc(CSc3nnc(C(C)N(C)C)n3-c3ccc(Cl)cc3)no2)c1. The average Bonchev–Trinajstić information content (AvgIpc) is 3.39. The molecular weight excluding hydrogens is 432 g/mol. The van der Waals surface area contributed by atoms with Gasteiger partial charge >= 0.3 is 0 Å². The van der Waals surface area contributed by atoms with Gasteiger partial charge in [0.15, 0.2) is 16.8 Å². The quantitative estimate of drug-likeness (QED) is 0.355. The van der Waals surface area contributed by atoms with E-state index in [0.717, 1.165) is 27.8 Å². The lowest BCUT2D eigenvalue weighted by Gasteiger charge is -2.20. The zero-order valence-corrected chi connectivity index (χ0v) is 19.4. The first-order valence-corrected chi connectivity index (χ1v) is 11.2. The minimum atomic E-state index is 0.0793. The fourth-order valence-electron chi connectivity index (χ4n) is 3.05. The summed E-state index contributed by atoms with van der Waals surface area (Å²) in [5.74, 6) is 2.48. The fourth-order valence-corrected chi connectivity index (χ4v) is 3.97. The van der Waals surface area contributed by atoms with Gasteiger partial charge in [-0.15, -0.1) is 10.2 Å². The Balaban J connectivity index is 1.59. The maximum atomic E-state index is 6.09. The number of rotatable bonds is 7. The summed E-state index contributed by atoms with van der Waals surface area (Å²) in [7, 11) is 4.04. The van der Waals surface area contributed by atoms with Gasteiger partial charge in [-0.1, -0.05) is 46.2 Å². The molecule has 0 aliphatic heterocycles. The molecule has 1 atom stereocenters. The summed E-state index contributed by atoms with van der Waals surface area (Å²) in [6, 6.07) is 15.7. The second-order valence-electron chi connectivity index (χ2n) is 7.47. The Labute approximate surface area is 190 Å². The van der Waals surface area contributed by atoms with Crippen molar-refractivity contribution in [3.05, 3.63) is 70.8 Å².